The Kier molecular flexibility index (Phi) is 6.15. The van der Waals surface area contributed by atoms with Crippen LogP contribution in [0.15, 0.2) is 18.2 Å². The second-order valence-corrected chi connectivity index (χ2v) is 8.17. The first-order valence-electron chi connectivity index (χ1n) is 10.5. The number of rotatable bonds is 2. The summed E-state index contributed by atoms with van der Waals surface area (Å²) in [6.07, 6.45) is -3.26. The van der Waals surface area contributed by atoms with Gasteiger partial charge in [0.1, 0.15) is 24.5 Å². The lowest BCUT2D eigenvalue weighted by Gasteiger charge is -2.43. The molecule has 32 heavy (non-hydrogen) atoms. The molecule has 3 heterocycles. The zero-order valence-electron chi connectivity index (χ0n) is 17.2. The van der Waals surface area contributed by atoms with Gasteiger partial charge in [0.2, 0.25) is 5.91 Å². The van der Waals surface area contributed by atoms with Gasteiger partial charge in [-0.05, 0) is 24.6 Å². The quantitative estimate of drug-likeness (QED) is 0.742. The highest BCUT2D eigenvalue weighted by molar-refractivity contribution is 5.79. The summed E-state index contributed by atoms with van der Waals surface area (Å²) in [6, 6.07) is 4.28. The number of carbonyl (C=O) groups excluding carboxylic acids is 2. The molecule has 4 rings (SSSR count). The number of carbonyl (C=O) groups is 2. The summed E-state index contributed by atoms with van der Waals surface area (Å²) >= 11 is 0. The predicted molar refractivity (Wildman–Crippen MR) is 105 cm³/mol. The maximum Gasteiger partial charge on any atom is 0.416 e. The topological polar surface area (TPSA) is 94.9 Å². The van der Waals surface area contributed by atoms with Crippen molar-refractivity contribution in [1.82, 2.24) is 15.1 Å². The summed E-state index contributed by atoms with van der Waals surface area (Å²) in [6.45, 7) is 1.85. The molecular formula is C21H23F3N4O4. The SMILES string of the molecule is N#Cc1cc(C(F)(F)F)ccc1OC1CCN(C(=O)N2CC[C@@H]3OCC(=O)N[C@@H]3C2)CC1. The Bertz CT molecular complexity index is 925. The van der Waals surface area contributed by atoms with Crippen LogP contribution in [0, 0.1) is 11.3 Å². The smallest absolute Gasteiger partial charge is 0.416 e. The second-order valence-electron chi connectivity index (χ2n) is 8.17. The third-order valence-corrected chi connectivity index (χ3v) is 6.03. The van der Waals surface area contributed by atoms with Gasteiger partial charge in [-0.1, -0.05) is 0 Å². The van der Waals surface area contributed by atoms with Crippen molar-refractivity contribution >= 4 is 11.9 Å². The van der Waals surface area contributed by atoms with Gasteiger partial charge in [-0.15, -0.1) is 0 Å². The van der Waals surface area contributed by atoms with Gasteiger partial charge in [0.15, 0.2) is 0 Å². The van der Waals surface area contributed by atoms with Crippen molar-refractivity contribution in [3.8, 4) is 11.8 Å². The van der Waals surface area contributed by atoms with Crippen LogP contribution in [-0.4, -0.2) is 72.8 Å². The molecule has 3 fully saturated rings. The zero-order valence-corrected chi connectivity index (χ0v) is 17.2. The molecule has 0 spiro atoms. The number of urea groups is 1. The summed E-state index contributed by atoms with van der Waals surface area (Å²) in [5, 5.41) is 12.1. The number of hydrogen-bond donors (Lipinski definition) is 1. The van der Waals surface area contributed by atoms with Gasteiger partial charge in [0.25, 0.3) is 0 Å². The molecular weight excluding hydrogens is 429 g/mol. The number of nitriles is 1. The number of morpholine rings is 1. The first-order chi connectivity index (χ1) is 15.2. The molecule has 1 N–H and O–H groups in total. The Morgan fingerprint density at radius 2 is 1.91 bits per heavy atom. The van der Waals surface area contributed by atoms with Crippen LogP contribution in [0.5, 0.6) is 5.75 Å². The Balaban J connectivity index is 1.31. The average molecular weight is 452 g/mol. The lowest BCUT2D eigenvalue weighted by atomic mass is 10.0. The molecule has 3 aliphatic heterocycles. The van der Waals surface area contributed by atoms with Crippen LogP contribution in [0.4, 0.5) is 18.0 Å². The highest BCUT2D eigenvalue weighted by Crippen LogP contribution is 2.33. The second kappa shape index (κ2) is 8.86. The summed E-state index contributed by atoms with van der Waals surface area (Å²) in [5.74, 6) is -0.0705. The number of nitrogens with one attached hydrogen (secondary N) is 1. The van der Waals surface area contributed by atoms with Gasteiger partial charge >= 0.3 is 12.2 Å². The van der Waals surface area contributed by atoms with E-state index in [1.807, 2.05) is 0 Å². The van der Waals surface area contributed by atoms with Crippen molar-refractivity contribution in [2.24, 2.45) is 0 Å². The number of benzene rings is 1. The Hall–Kier alpha value is -3.00. The molecule has 8 nitrogen and oxygen atoms in total. The van der Waals surface area contributed by atoms with Gasteiger partial charge < -0.3 is 24.6 Å². The molecule has 172 valence electrons. The summed E-state index contributed by atoms with van der Waals surface area (Å²) in [7, 11) is 0. The highest BCUT2D eigenvalue weighted by Gasteiger charge is 2.38. The van der Waals surface area contributed by atoms with E-state index < -0.39 is 11.7 Å². The van der Waals surface area contributed by atoms with Gasteiger partial charge in [-0.2, -0.15) is 18.4 Å². The maximum atomic E-state index is 12.9. The van der Waals surface area contributed by atoms with Gasteiger partial charge in [0.05, 0.1) is 23.3 Å². The molecule has 11 heteroatoms. The molecule has 3 saturated heterocycles. The van der Waals surface area contributed by atoms with E-state index in [4.69, 9.17) is 9.47 Å². The maximum absolute atomic E-state index is 12.9. The number of halogens is 3. The van der Waals surface area contributed by atoms with E-state index in [2.05, 4.69) is 5.32 Å². The standard InChI is InChI=1S/C21H23F3N4O4/c22-21(23,24)14-1-2-17(13(9-14)10-25)32-15-3-6-27(7-4-15)20(30)28-8-5-18-16(11-28)26-19(29)12-31-18/h1-2,9,15-16,18H,3-8,11-12H2,(H,26,29)/t16-,18+/m1/s1. The van der Waals surface area contributed by atoms with E-state index in [0.717, 1.165) is 12.1 Å². The molecule has 3 amide bonds. The van der Waals surface area contributed by atoms with Crippen molar-refractivity contribution in [2.45, 2.75) is 43.7 Å². The van der Waals surface area contributed by atoms with E-state index in [1.165, 1.54) is 6.07 Å². The van der Waals surface area contributed by atoms with Crippen molar-refractivity contribution in [3.63, 3.8) is 0 Å². The van der Waals surface area contributed by atoms with Gasteiger partial charge in [0, 0.05) is 39.0 Å². The average Bonchev–Trinajstić information content (AvgIpc) is 2.78. The van der Waals surface area contributed by atoms with Crippen molar-refractivity contribution in [2.75, 3.05) is 32.8 Å². The van der Waals surface area contributed by atoms with Gasteiger partial charge in [-0.25, -0.2) is 4.79 Å². The number of hydrogen-bond acceptors (Lipinski definition) is 5. The fraction of sp³-hybridized carbons (Fsp3) is 0.571. The molecule has 0 aromatic heterocycles. The first-order valence-corrected chi connectivity index (χ1v) is 10.5. The number of likely N-dealkylation sites (tertiary alicyclic amines) is 2. The number of fused-ring (bicyclic) bond motifs is 1. The van der Waals surface area contributed by atoms with Crippen molar-refractivity contribution in [1.29, 1.82) is 5.26 Å². The first kappa shape index (κ1) is 22.2. The minimum Gasteiger partial charge on any atom is -0.489 e. The van der Waals surface area contributed by atoms with Crippen LogP contribution in [-0.2, 0) is 15.7 Å². The normalized spacial score (nSPS) is 24.4. The lowest BCUT2D eigenvalue weighted by Crippen LogP contribution is -2.62. The van der Waals surface area contributed by atoms with E-state index >= 15 is 0 Å². The van der Waals surface area contributed by atoms with Gasteiger partial charge in [-0.3, -0.25) is 4.79 Å². The molecule has 0 bridgehead atoms. The Morgan fingerprint density at radius 1 is 1.19 bits per heavy atom. The van der Waals surface area contributed by atoms with Crippen LogP contribution in [0.2, 0.25) is 0 Å². The van der Waals surface area contributed by atoms with Crippen LogP contribution >= 0.6 is 0 Å². The Labute approximate surface area is 182 Å². The number of nitrogens with zero attached hydrogens (tertiary/aromatic N) is 3. The van der Waals surface area contributed by atoms with Crippen molar-refractivity contribution in [3.05, 3.63) is 29.3 Å². The molecule has 3 aliphatic rings. The molecule has 1 aromatic carbocycles. The molecule has 0 aliphatic carbocycles. The molecule has 0 saturated carbocycles. The highest BCUT2D eigenvalue weighted by atomic mass is 19.4. The molecule has 2 atom stereocenters. The fourth-order valence-corrected chi connectivity index (χ4v) is 4.31. The predicted octanol–water partition coefficient (Wildman–Crippen LogP) is 2.13. The largest absolute Gasteiger partial charge is 0.489 e. The molecule has 1 aromatic rings. The van der Waals surface area contributed by atoms with Crippen LogP contribution in [0.1, 0.15) is 30.4 Å². The van der Waals surface area contributed by atoms with Crippen LogP contribution < -0.4 is 10.1 Å². The van der Waals surface area contributed by atoms with Crippen LogP contribution in [0.25, 0.3) is 0 Å². The third kappa shape index (κ3) is 4.75. The molecule has 0 unspecified atom stereocenters. The van der Waals surface area contributed by atoms with E-state index in [-0.39, 0.29) is 48.1 Å². The Morgan fingerprint density at radius 3 is 2.59 bits per heavy atom. The lowest BCUT2D eigenvalue weighted by molar-refractivity contribution is -0.140. The fourth-order valence-electron chi connectivity index (χ4n) is 4.31. The van der Waals surface area contributed by atoms with E-state index in [9.17, 15) is 28.0 Å². The number of alkyl halides is 3. The van der Waals surface area contributed by atoms with Crippen molar-refractivity contribution < 1.29 is 32.2 Å². The molecule has 0 radical (unpaired) electrons. The summed E-state index contributed by atoms with van der Waals surface area (Å²) < 4.78 is 49.9. The third-order valence-electron chi connectivity index (χ3n) is 6.03. The van der Waals surface area contributed by atoms with Crippen LogP contribution in [0.3, 0.4) is 0 Å². The summed E-state index contributed by atoms with van der Waals surface area (Å²) in [4.78, 5) is 27.9. The summed E-state index contributed by atoms with van der Waals surface area (Å²) in [5.41, 5.74) is -1.07. The van der Waals surface area contributed by atoms with E-state index in [1.54, 1.807) is 15.9 Å². The number of ether oxygens (including phenoxy) is 2. The minimum atomic E-state index is -4.53. The monoisotopic (exact) mass is 452 g/mol. The number of amides is 3. The number of piperidine rings is 2. The minimum absolute atomic E-state index is 0.0507. The van der Waals surface area contributed by atoms with E-state index in [0.29, 0.717) is 45.4 Å². The zero-order chi connectivity index (χ0) is 22.9.